The molecule has 2 N–H and O–H groups in total. The van der Waals surface area contributed by atoms with Crippen LogP contribution in [0.4, 0.5) is 0 Å². The summed E-state index contributed by atoms with van der Waals surface area (Å²) < 4.78 is 0. The van der Waals surface area contributed by atoms with Crippen molar-refractivity contribution in [3.05, 3.63) is 35.4 Å². The van der Waals surface area contributed by atoms with Gasteiger partial charge in [0, 0.05) is 18.7 Å². The first kappa shape index (κ1) is 14.1. The van der Waals surface area contributed by atoms with Gasteiger partial charge < -0.3 is 10.6 Å². The Bertz CT molecular complexity index is 427. The first-order valence-electron chi connectivity index (χ1n) is 7.23. The zero-order chi connectivity index (χ0) is 13.8. The van der Waals surface area contributed by atoms with Crippen molar-refractivity contribution in [1.82, 2.24) is 4.90 Å². The van der Waals surface area contributed by atoms with E-state index in [0.717, 1.165) is 24.8 Å². The Kier molecular flexibility index (Phi) is 4.59. The van der Waals surface area contributed by atoms with Crippen molar-refractivity contribution in [1.29, 1.82) is 0 Å². The molecule has 3 heteroatoms. The van der Waals surface area contributed by atoms with Crippen molar-refractivity contribution in [2.75, 3.05) is 13.6 Å². The predicted molar refractivity (Wildman–Crippen MR) is 78.1 cm³/mol. The third-order valence-corrected chi connectivity index (χ3v) is 4.35. The molecule has 1 aromatic rings. The van der Waals surface area contributed by atoms with Crippen LogP contribution < -0.4 is 5.73 Å². The molecule has 1 aliphatic carbocycles. The van der Waals surface area contributed by atoms with Gasteiger partial charge in [-0.2, -0.15) is 0 Å². The third-order valence-electron chi connectivity index (χ3n) is 4.35. The number of amides is 1. The number of rotatable bonds is 4. The molecule has 1 fully saturated rings. The van der Waals surface area contributed by atoms with Gasteiger partial charge in [-0.15, -0.1) is 0 Å². The highest BCUT2D eigenvalue weighted by molar-refractivity contribution is 5.94. The molecule has 1 aliphatic rings. The molecule has 1 aromatic carbocycles. The van der Waals surface area contributed by atoms with Crippen molar-refractivity contribution in [2.45, 2.75) is 38.6 Å². The fourth-order valence-corrected chi connectivity index (χ4v) is 3.04. The maximum Gasteiger partial charge on any atom is 0.253 e. The minimum Gasteiger partial charge on any atom is -0.338 e. The topological polar surface area (TPSA) is 46.3 Å². The van der Waals surface area contributed by atoms with Gasteiger partial charge in [0.25, 0.3) is 5.91 Å². The van der Waals surface area contributed by atoms with Crippen molar-refractivity contribution in [3.63, 3.8) is 0 Å². The lowest BCUT2D eigenvalue weighted by Gasteiger charge is -2.29. The normalized spacial score (nSPS) is 22.5. The highest BCUT2D eigenvalue weighted by Crippen LogP contribution is 2.29. The number of hydrogen-bond acceptors (Lipinski definition) is 2. The summed E-state index contributed by atoms with van der Waals surface area (Å²) in [5.41, 5.74) is 7.84. The van der Waals surface area contributed by atoms with Crippen molar-refractivity contribution >= 4 is 5.91 Å². The van der Waals surface area contributed by atoms with Gasteiger partial charge in [0.15, 0.2) is 0 Å². The van der Waals surface area contributed by atoms with Crippen LogP contribution in [-0.2, 0) is 6.42 Å². The molecule has 0 saturated heterocycles. The van der Waals surface area contributed by atoms with Gasteiger partial charge >= 0.3 is 0 Å². The Labute approximate surface area is 115 Å². The van der Waals surface area contributed by atoms with Gasteiger partial charge in [-0.3, -0.25) is 4.79 Å². The number of carbonyl (C=O) groups is 1. The fourth-order valence-electron chi connectivity index (χ4n) is 3.04. The third kappa shape index (κ3) is 2.98. The van der Waals surface area contributed by atoms with Crippen LogP contribution in [0.5, 0.6) is 0 Å². The van der Waals surface area contributed by atoms with Crippen molar-refractivity contribution < 1.29 is 4.79 Å². The summed E-state index contributed by atoms with van der Waals surface area (Å²) in [5.74, 6) is 0.580. The summed E-state index contributed by atoms with van der Waals surface area (Å²) in [6, 6.07) is 8.25. The zero-order valence-electron chi connectivity index (χ0n) is 11.9. The lowest BCUT2D eigenvalue weighted by Crippen LogP contribution is -2.41. The summed E-state index contributed by atoms with van der Waals surface area (Å²) >= 11 is 0. The van der Waals surface area contributed by atoms with Crippen LogP contribution in [0.2, 0.25) is 0 Å². The largest absolute Gasteiger partial charge is 0.338 e. The number of nitrogens with two attached hydrogens (primary N) is 1. The van der Waals surface area contributed by atoms with Gasteiger partial charge in [-0.05, 0) is 49.4 Å². The second-order valence-electron chi connectivity index (χ2n) is 5.46. The number of carbonyl (C=O) groups excluding carboxylic acids is 1. The molecule has 2 unspecified atom stereocenters. The zero-order valence-corrected chi connectivity index (χ0v) is 11.9. The Morgan fingerprint density at radius 3 is 2.58 bits per heavy atom. The molecule has 2 rings (SSSR count). The SMILES string of the molecule is CCc1ccc(C(=O)N(C)C2CCCC2CN)cc1. The van der Waals surface area contributed by atoms with E-state index in [-0.39, 0.29) is 5.91 Å². The molecule has 0 radical (unpaired) electrons. The number of hydrogen-bond donors (Lipinski definition) is 1. The molecular formula is C16H24N2O. The Morgan fingerprint density at radius 1 is 1.32 bits per heavy atom. The standard InChI is InChI=1S/C16H24N2O/c1-3-12-7-9-13(10-8-12)16(19)18(2)15-6-4-5-14(15)11-17/h7-10,14-15H,3-6,11,17H2,1-2H3. The molecule has 1 saturated carbocycles. The molecule has 0 heterocycles. The minimum absolute atomic E-state index is 0.119. The quantitative estimate of drug-likeness (QED) is 0.904. The second-order valence-corrected chi connectivity index (χ2v) is 5.46. The summed E-state index contributed by atoms with van der Waals surface area (Å²) in [5, 5.41) is 0. The smallest absolute Gasteiger partial charge is 0.253 e. The van der Waals surface area contributed by atoms with E-state index in [2.05, 4.69) is 6.92 Å². The van der Waals surface area contributed by atoms with E-state index in [1.54, 1.807) is 0 Å². The maximum atomic E-state index is 12.5. The Hall–Kier alpha value is -1.35. The molecule has 104 valence electrons. The van der Waals surface area contributed by atoms with Gasteiger partial charge in [-0.25, -0.2) is 0 Å². The summed E-state index contributed by atoms with van der Waals surface area (Å²) in [6.07, 6.45) is 4.41. The summed E-state index contributed by atoms with van der Waals surface area (Å²) in [6.45, 7) is 2.80. The highest BCUT2D eigenvalue weighted by atomic mass is 16.2. The number of benzene rings is 1. The molecule has 3 nitrogen and oxygen atoms in total. The molecule has 0 spiro atoms. The van der Waals surface area contributed by atoms with E-state index < -0.39 is 0 Å². The van der Waals surface area contributed by atoms with Gasteiger partial charge in [0.2, 0.25) is 0 Å². The van der Waals surface area contributed by atoms with Crippen LogP contribution in [-0.4, -0.2) is 30.4 Å². The van der Waals surface area contributed by atoms with E-state index in [4.69, 9.17) is 5.73 Å². The Balaban J connectivity index is 2.09. The van der Waals surface area contributed by atoms with E-state index >= 15 is 0 Å². The maximum absolute atomic E-state index is 12.5. The van der Waals surface area contributed by atoms with Crippen LogP contribution in [0.3, 0.4) is 0 Å². The molecule has 0 aromatic heterocycles. The first-order valence-corrected chi connectivity index (χ1v) is 7.23. The van der Waals surface area contributed by atoms with E-state index in [9.17, 15) is 4.79 Å². The predicted octanol–water partition coefficient (Wildman–Crippen LogP) is 2.45. The monoisotopic (exact) mass is 260 g/mol. The first-order chi connectivity index (χ1) is 9.17. The Morgan fingerprint density at radius 2 is 2.00 bits per heavy atom. The average Bonchev–Trinajstić information content (AvgIpc) is 2.94. The molecule has 0 bridgehead atoms. The van der Waals surface area contributed by atoms with Crippen LogP contribution in [0.1, 0.15) is 42.1 Å². The number of aryl methyl sites for hydroxylation is 1. The van der Waals surface area contributed by atoms with Gasteiger partial charge in [0.1, 0.15) is 0 Å². The van der Waals surface area contributed by atoms with Crippen LogP contribution in [0, 0.1) is 5.92 Å². The summed E-state index contributed by atoms with van der Waals surface area (Å²) in [7, 11) is 1.91. The number of nitrogens with zero attached hydrogens (tertiary/aromatic N) is 1. The average molecular weight is 260 g/mol. The summed E-state index contributed by atoms with van der Waals surface area (Å²) in [4.78, 5) is 14.4. The van der Waals surface area contributed by atoms with Crippen molar-refractivity contribution in [2.24, 2.45) is 11.7 Å². The fraction of sp³-hybridized carbons (Fsp3) is 0.562. The molecular weight excluding hydrogens is 236 g/mol. The van der Waals surface area contributed by atoms with Gasteiger partial charge in [0.05, 0.1) is 0 Å². The lowest BCUT2D eigenvalue weighted by molar-refractivity contribution is 0.0700. The molecule has 19 heavy (non-hydrogen) atoms. The minimum atomic E-state index is 0.119. The highest BCUT2D eigenvalue weighted by Gasteiger charge is 2.31. The molecule has 1 amide bonds. The van der Waals surface area contributed by atoms with Crippen LogP contribution in [0.15, 0.2) is 24.3 Å². The lowest BCUT2D eigenvalue weighted by atomic mass is 10.0. The second kappa shape index (κ2) is 6.20. The van der Waals surface area contributed by atoms with Crippen LogP contribution >= 0.6 is 0 Å². The van der Waals surface area contributed by atoms with Gasteiger partial charge in [-0.1, -0.05) is 25.5 Å². The molecule has 2 atom stereocenters. The van der Waals surface area contributed by atoms with Crippen molar-refractivity contribution in [3.8, 4) is 0 Å². The molecule has 0 aliphatic heterocycles. The van der Waals surface area contributed by atoms with Crippen LogP contribution in [0.25, 0.3) is 0 Å². The van der Waals surface area contributed by atoms with E-state index in [0.29, 0.717) is 18.5 Å². The van der Waals surface area contributed by atoms with E-state index in [1.165, 1.54) is 12.0 Å². The van der Waals surface area contributed by atoms with E-state index in [1.807, 2.05) is 36.2 Å².